The zero-order valence-corrected chi connectivity index (χ0v) is 16.0. The average molecular weight is 404 g/mol. The van der Waals surface area contributed by atoms with Gasteiger partial charge in [0.05, 0.1) is 0 Å². The van der Waals surface area contributed by atoms with Gasteiger partial charge in [-0.05, 0) is 60.9 Å². The number of carbonyl (C=O) groups excluding carboxylic acids is 1. The van der Waals surface area contributed by atoms with Gasteiger partial charge in [-0.25, -0.2) is 13.8 Å². The summed E-state index contributed by atoms with van der Waals surface area (Å²) in [5, 5.41) is 0. The van der Waals surface area contributed by atoms with E-state index >= 15 is 0 Å². The molecular weight excluding hydrogens is 386 g/mol. The van der Waals surface area contributed by atoms with Crippen LogP contribution in [0.1, 0.15) is 35.1 Å². The highest BCUT2D eigenvalue weighted by Crippen LogP contribution is 2.35. The Labute approximate surface area is 171 Å². The number of aromatic nitrogens is 1. The summed E-state index contributed by atoms with van der Waals surface area (Å²) < 4.78 is 33.3. The van der Waals surface area contributed by atoms with Crippen LogP contribution in [0.15, 0.2) is 71.1 Å². The van der Waals surface area contributed by atoms with Gasteiger partial charge in [-0.3, -0.25) is 4.79 Å². The van der Waals surface area contributed by atoms with E-state index in [2.05, 4.69) is 4.98 Å². The molecule has 150 valence electrons. The van der Waals surface area contributed by atoms with E-state index in [0.29, 0.717) is 40.2 Å². The third-order valence-electron chi connectivity index (χ3n) is 5.48. The molecule has 4 nitrogen and oxygen atoms in total. The molecule has 0 bridgehead atoms. The Morgan fingerprint density at radius 2 is 1.83 bits per heavy atom. The number of oxazole rings is 1. The Kier molecular flexibility index (Phi) is 4.54. The largest absolute Gasteiger partial charge is 0.438 e. The van der Waals surface area contributed by atoms with Gasteiger partial charge in [0, 0.05) is 17.7 Å². The van der Waals surface area contributed by atoms with Crippen LogP contribution in [0, 0.1) is 11.6 Å². The number of benzene rings is 3. The van der Waals surface area contributed by atoms with Crippen molar-refractivity contribution in [2.45, 2.75) is 18.9 Å². The molecule has 1 aliphatic rings. The molecule has 30 heavy (non-hydrogen) atoms. The van der Waals surface area contributed by atoms with Crippen LogP contribution < -0.4 is 0 Å². The highest BCUT2D eigenvalue weighted by molar-refractivity contribution is 5.94. The van der Waals surface area contributed by atoms with E-state index in [1.807, 2.05) is 0 Å². The molecule has 1 fully saturated rings. The normalized spacial score (nSPS) is 16.3. The Morgan fingerprint density at radius 3 is 2.63 bits per heavy atom. The second kappa shape index (κ2) is 7.37. The van der Waals surface area contributed by atoms with Crippen molar-refractivity contribution >= 4 is 17.0 Å². The topological polar surface area (TPSA) is 46.3 Å². The van der Waals surface area contributed by atoms with Gasteiger partial charge < -0.3 is 9.32 Å². The molecule has 1 amide bonds. The fourth-order valence-corrected chi connectivity index (χ4v) is 3.98. The number of likely N-dealkylation sites (tertiary alicyclic amines) is 1. The van der Waals surface area contributed by atoms with Crippen molar-refractivity contribution in [1.29, 1.82) is 0 Å². The smallest absolute Gasteiger partial charge is 0.254 e. The van der Waals surface area contributed by atoms with Crippen LogP contribution in [0.2, 0.25) is 0 Å². The lowest BCUT2D eigenvalue weighted by atomic mass is 10.0. The first kappa shape index (κ1) is 18.5. The fraction of sp³-hybridized carbons (Fsp3) is 0.167. The lowest BCUT2D eigenvalue weighted by Crippen LogP contribution is -2.30. The summed E-state index contributed by atoms with van der Waals surface area (Å²) in [7, 11) is 0. The summed E-state index contributed by atoms with van der Waals surface area (Å²) in [6.07, 6.45) is 1.57. The summed E-state index contributed by atoms with van der Waals surface area (Å²) in [6, 6.07) is 17.2. The predicted molar refractivity (Wildman–Crippen MR) is 109 cm³/mol. The Hall–Kier alpha value is -3.54. The molecule has 5 rings (SSSR count). The molecule has 0 aliphatic carbocycles. The number of amides is 1. The van der Waals surface area contributed by atoms with Crippen molar-refractivity contribution in [1.82, 2.24) is 9.88 Å². The van der Waals surface area contributed by atoms with Crippen LogP contribution in [0.25, 0.3) is 22.2 Å². The first-order valence-electron chi connectivity index (χ1n) is 9.82. The number of rotatable bonds is 3. The third-order valence-corrected chi connectivity index (χ3v) is 5.48. The standard InChI is InChI=1S/C24H18F2N2O2/c25-17-10-7-15(8-11-17)24(29)28-13-3-6-21(28)23-27-20-14-16(9-12-22(20)30-23)18-4-1-2-5-19(18)26/h1-2,4-5,7-12,14,21H,3,6,13H2. The molecule has 0 spiro atoms. The average Bonchev–Trinajstić information content (AvgIpc) is 3.40. The van der Waals surface area contributed by atoms with Gasteiger partial charge in [0.1, 0.15) is 23.2 Å². The van der Waals surface area contributed by atoms with Crippen molar-refractivity contribution in [2.24, 2.45) is 0 Å². The molecule has 1 unspecified atom stereocenters. The van der Waals surface area contributed by atoms with E-state index in [1.54, 1.807) is 41.3 Å². The molecule has 2 heterocycles. The van der Waals surface area contributed by atoms with Gasteiger partial charge in [0.2, 0.25) is 5.89 Å². The van der Waals surface area contributed by atoms with Gasteiger partial charge in [-0.1, -0.05) is 24.3 Å². The molecule has 1 saturated heterocycles. The molecule has 1 aromatic heterocycles. The number of nitrogens with zero attached hydrogens (tertiary/aromatic N) is 2. The maximum atomic E-state index is 14.1. The van der Waals surface area contributed by atoms with Crippen LogP contribution >= 0.6 is 0 Å². The molecule has 1 atom stereocenters. The van der Waals surface area contributed by atoms with Crippen molar-refractivity contribution in [2.75, 3.05) is 6.54 Å². The lowest BCUT2D eigenvalue weighted by molar-refractivity contribution is 0.0717. The third kappa shape index (κ3) is 3.24. The molecule has 1 aliphatic heterocycles. The van der Waals surface area contributed by atoms with E-state index in [0.717, 1.165) is 12.8 Å². The first-order valence-corrected chi connectivity index (χ1v) is 9.82. The zero-order chi connectivity index (χ0) is 20.7. The van der Waals surface area contributed by atoms with Gasteiger partial charge in [0.15, 0.2) is 5.58 Å². The maximum Gasteiger partial charge on any atom is 0.254 e. The van der Waals surface area contributed by atoms with E-state index in [-0.39, 0.29) is 23.6 Å². The Balaban J connectivity index is 1.47. The number of halogens is 2. The van der Waals surface area contributed by atoms with Gasteiger partial charge >= 0.3 is 0 Å². The van der Waals surface area contributed by atoms with Crippen LogP contribution in [0.5, 0.6) is 0 Å². The molecule has 0 saturated carbocycles. The lowest BCUT2D eigenvalue weighted by Gasteiger charge is -2.22. The molecule has 4 aromatic rings. The Bertz CT molecular complexity index is 1230. The minimum absolute atomic E-state index is 0.174. The second-order valence-corrected chi connectivity index (χ2v) is 7.38. The maximum absolute atomic E-state index is 14.1. The summed E-state index contributed by atoms with van der Waals surface area (Å²) in [5.41, 5.74) is 2.85. The molecule has 0 radical (unpaired) electrons. The van der Waals surface area contributed by atoms with E-state index in [1.165, 1.54) is 30.3 Å². The number of hydrogen-bond acceptors (Lipinski definition) is 3. The van der Waals surface area contributed by atoms with Gasteiger partial charge in [0.25, 0.3) is 5.91 Å². The second-order valence-electron chi connectivity index (χ2n) is 7.38. The molecule has 6 heteroatoms. The molecular formula is C24H18F2N2O2. The summed E-state index contributed by atoms with van der Waals surface area (Å²) in [6.45, 7) is 0.583. The van der Waals surface area contributed by atoms with Crippen molar-refractivity contribution in [3.8, 4) is 11.1 Å². The van der Waals surface area contributed by atoms with Gasteiger partial charge in [-0.2, -0.15) is 0 Å². The number of carbonyl (C=O) groups is 1. The zero-order valence-electron chi connectivity index (χ0n) is 16.0. The summed E-state index contributed by atoms with van der Waals surface area (Å²) >= 11 is 0. The predicted octanol–water partition coefficient (Wildman–Crippen LogP) is 5.75. The number of hydrogen-bond donors (Lipinski definition) is 0. The SMILES string of the molecule is O=C(c1ccc(F)cc1)N1CCCC1c1nc2cc(-c3ccccc3F)ccc2o1. The van der Waals surface area contributed by atoms with Crippen LogP contribution in [0.3, 0.4) is 0 Å². The van der Waals surface area contributed by atoms with Crippen LogP contribution in [-0.2, 0) is 0 Å². The van der Waals surface area contributed by atoms with Crippen LogP contribution in [-0.4, -0.2) is 22.3 Å². The summed E-state index contributed by atoms with van der Waals surface area (Å²) in [5.74, 6) is -0.392. The highest BCUT2D eigenvalue weighted by atomic mass is 19.1. The van der Waals surface area contributed by atoms with E-state index in [4.69, 9.17) is 4.42 Å². The number of fused-ring (bicyclic) bond motifs is 1. The van der Waals surface area contributed by atoms with Crippen LogP contribution in [0.4, 0.5) is 8.78 Å². The monoisotopic (exact) mass is 404 g/mol. The minimum Gasteiger partial charge on any atom is -0.438 e. The van der Waals surface area contributed by atoms with Crippen molar-refractivity contribution in [3.63, 3.8) is 0 Å². The van der Waals surface area contributed by atoms with Crippen molar-refractivity contribution in [3.05, 3.63) is 89.8 Å². The Morgan fingerprint density at radius 1 is 1.03 bits per heavy atom. The van der Waals surface area contributed by atoms with E-state index in [9.17, 15) is 13.6 Å². The van der Waals surface area contributed by atoms with E-state index < -0.39 is 0 Å². The fourth-order valence-electron chi connectivity index (χ4n) is 3.98. The van der Waals surface area contributed by atoms with Gasteiger partial charge in [-0.15, -0.1) is 0 Å². The first-order chi connectivity index (χ1) is 14.6. The minimum atomic E-state index is -0.380. The quantitative estimate of drug-likeness (QED) is 0.437. The summed E-state index contributed by atoms with van der Waals surface area (Å²) in [4.78, 5) is 19.3. The van der Waals surface area contributed by atoms with Crippen molar-refractivity contribution < 1.29 is 18.0 Å². The highest BCUT2D eigenvalue weighted by Gasteiger charge is 2.34. The molecule has 3 aromatic carbocycles. The molecule has 0 N–H and O–H groups in total.